The lowest BCUT2D eigenvalue weighted by molar-refractivity contribution is 0.800. The number of nitrogens with zero attached hydrogens (tertiary/aromatic N) is 3. The SMILES string of the molecule is CN=C(NCCSc1ccccc1)NCCc1csc(N2CCCC2)n1. The molecule has 0 amide bonds. The molecule has 0 spiro atoms. The summed E-state index contributed by atoms with van der Waals surface area (Å²) in [5, 5.41) is 10.1. The molecule has 3 rings (SSSR count). The molecular formula is C19H27N5S2. The molecule has 2 heterocycles. The topological polar surface area (TPSA) is 52.6 Å². The lowest BCUT2D eigenvalue weighted by Crippen LogP contribution is -2.39. The Kier molecular flexibility index (Phi) is 7.64. The van der Waals surface area contributed by atoms with Gasteiger partial charge in [0.25, 0.3) is 0 Å². The van der Waals surface area contributed by atoms with Crippen LogP contribution >= 0.6 is 23.1 Å². The molecule has 140 valence electrons. The van der Waals surface area contributed by atoms with E-state index >= 15 is 0 Å². The van der Waals surface area contributed by atoms with E-state index in [1.54, 1.807) is 11.3 Å². The van der Waals surface area contributed by atoms with Gasteiger partial charge < -0.3 is 15.5 Å². The molecule has 1 aromatic heterocycles. The third-order valence-electron chi connectivity index (χ3n) is 4.22. The zero-order valence-electron chi connectivity index (χ0n) is 15.3. The van der Waals surface area contributed by atoms with Crippen molar-refractivity contribution in [2.24, 2.45) is 4.99 Å². The van der Waals surface area contributed by atoms with Crippen molar-refractivity contribution in [2.75, 3.05) is 43.9 Å². The average molecular weight is 390 g/mol. The van der Waals surface area contributed by atoms with Crippen LogP contribution in [0.5, 0.6) is 0 Å². The Morgan fingerprint density at radius 1 is 1.19 bits per heavy atom. The minimum Gasteiger partial charge on any atom is -0.356 e. The summed E-state index contributed by atoms with van der Waals surface area (Å²) in [6.07, 6.45) is 3.51. The summed E-state index contributed by atoms with van der Waals surface area (Å²) in [4.78, 5) is 12.8. The molecule has 0 unspecified atom stereocenters. The summed E-state index contributed by atoms with van der Waals surface area (Å²) in [5.74, 6) is 1.87. The minimum absolute atomic E-state index is 0.842. The monoisotopic (exact) mass is 389 g/mol. The van der Waals surface area contributed by atoms with E-state index < -0.39 is 0 Å². The van der Waals surface area contributed by atoms with Crippen LogP contribution in [0.15, 0.2) is 45.6 Å². The van der Waals surface area contributed by atoms with E-state index in [9.17, 15) is 0 Å². The number of anilines is 1. The number of guanidine groups is 1. The third kappa shape index (κ3) is 5.92. The number of hydrogen-bond donors (Lipinski definition) is 2. The third-order valence-corrected chi connectivity index (χ3v) is 6.18. The quantitative estimate of drug-likeness (QED) is 0.314. The smallest absolute Gasteiger partial charge is 0.191 e. The van der Waals surface area contributed by atoms with Crippen molar-refractivity contribution in [1.29, 1.82) is 0 Å². The lowest BCUT2D eigenvalue weighted by atomic mass is 10.3. The first-order chi connectivity index (χ1) is 12.8. The van der Waals surface area contributed by atoms with Crippen LogP contribution in [-0.2, 0) is 6.42 Å². The molecule has 2 N–H and O–H groups in total. The molecule has 0 radical (unpaired) electrons. The fourth-order valence-electron chi connectivity index (χ4n) is 2.85. The maximum Gasteiger partial charge on any atom is 0.191 e. The Morgan fingerprint density at radius 3 is 2.73 bits per heavy atom. The zero-order chi connectivity index (χ0) is 18.0. The van der Waals surface area contributed by atoms with Gasteiger partial charge >= 0.3 is 0 Å². The lowest BCUT2D eigenvalue weighted by Gasteiger charge is -2.12. The van der Waals surface area contributed by atoms with Crippen LogP contribution in [0.1, 0.15) is 18.5 Å². The standard InChI is InChI=1S/C19H27N5S2/c1-20-18(22-11-14-25-17-7-3-2-4-8-17)21-10-9-16-15-26-19(23-16)24-12-5-6-13-24/h2-4,7-8,15H,5-6,9-14H2,1H3,(H2,20,21,22). The maximum absolute atomic E-state index is 4.76. The first kappa shape index (κ1) is 19.0. The maximum atomic E-state index is 4.76. The van der Waals surface area contributed by atoms with Gasteiger partial charge in [0.2, 0.25) is 0 Å². The van der Waals surface area contributed by atoms with Crippen molar-refractivity contribution < 1.29 is 0 Å². The van der Waals surface area contributed by atoms with Crippen molar-refractivity contribution in [3.63, 3.8) is 0 Å². The van der Waals surface area contributed by atoms with Crippen molar-refractivity contribution in [3.05, 3.63) is 41.4 Å². The molecular weight excluding hydrogens is 362 g/mol. The van der Waals surface area contributed by atoms with E-state index in [1.807, 2.05) is 24.9 Å². The molecule has 5 nitrogen and oxygen atoms in total. The van der Waals surface area contributed by atoms with Gasteiger partial charge in [0, 0.05) is 55.7 Å². The van der Waals surface area contributed by atoms with Crippen LogP contribution in [0.25, 0.3) is 0 Å². The Labute approximate surface area is 164 Å². The average Bonchev–Trinajstić information content (AvgIpc) is 3.36. The Balaban J connectivity index is 1.32. The van der Waals surface area contributed by atoms with E-state index in [-0.39, 0.29) is 0 Å². The number of benzene rings is 1. The minimum atomic E-state index is 0.842. The first-order valence-electron chi connectivity index (χ1n) is 9.17. The van der Waals surface area contributed by atoms with Gasteiger partial charge in [0.05, 0.1) is 5.69 Å². The van der Waals surface area contributed by atoms with Crippen molar-refractivity contribution in [3.8, 4) is 0 Å². The zero-order valence-corrected chi connectivity index (χ0v) is 16.9. The van der Waals surface area contributed by atoms with Crippen LogP contribution in [0, 0.1) is 0 Å². The highest BCUT2D eigenvalue weighted by Crippen LogP contribution is 2.24. The molecule has 2 aromatic rings. The van der Waals surface area contributed by atoms with Crippen molar-refractivity contribution >= 4 is 34.2 Å². The summed E-state index contributed by atoms with van der Waals surface area (Å²) < 4.78 is 0. The van der Waals surface area contributed by atoms with Crippen LogP contribution in [0.2, 0.25) is 0 Å². The van der Waals surface area contributed by atoms with Crippen molar-refractivity contribution in [1.82, 2.24) is 15.6 Å². The molecule has 0 atom stereocenters. The van der Waals surface area contributed by atoms with Crippen LogP contribution in [0.4, 0.5) is 5.13 Å². The largest absolute Gasteiger partial charge is 0.356 e. The number of nitrogens with one attached hydrogen (secondary N) is 2. The highest BCUT2D eigenvalue weighted by Gasteiger charge is 2.15. The van der Waals surface area contributed by atoms with E-state index in [0.717, 1.165) is 44.3 Å². The van der Waals surface area contributed by atoms with E-state index in [4.69, 9.17) is 4.98 Å². The molecule has 1 fully saturated rings. The second kappa shape index (κ2) is 10.4. The Morgan fingerprint density at radius 2 is 1.96 bits per heavy atom. The fraction of sp³-hybridized carbons (Fsp3) is 0.474. The Bertz CT molecular complexity index is 680. The predicted molar refractivity (Wildman–Crippen MR) is 114 cm³/mol. The summed E-state index contributed by atoms with van der Waals surface area (Å²) in [5.41, 5.74) is 1.17. The molecule has 7 heteroatoms. The van der Waals surface area contributed by atoms with Crippen LogP contribution < -0.4 is 15.5 Å². The number of thiazole rings is 1. The van der Waals surface area contributed by atoms with Gasteiger partial charge in [-0.3, -0.25) is 4.99 Å². The second-order valence-electron chi connectivity index (χ2n) is 6.15. The predicted octanol–water partition coefficient (Wildman–Crippen LogP) is 3.24. The van der Waals surface area contributed by atoms with Gasteiger partial charge in [0.1, 0.15) is 0 Å². The molecule has 1 saturated heterocycles. The highest BCUT2D eigenvalue weighted by atomic mass is 32.2. The number of aliphatic imine (C=N–C) groups is 1. The summed E-state index contributed by atoms with van der Waals surface area (Å²) in [6, 6.07) is 10.5. The van der Waals surface area contributed by atoms with Crippen LogP contribution in [-0.4, -0.2) is 49.9 Å². The summed E-state index contributed by atoms with van der Waals surface area (Å²) in [6.45, 7) is 4.04. The highest BCUT2D eigenvalue weighted by molar-refractivity contribution is 7.99. The molecule has 0 bridgehead atoms. The van der Waals surface area contributed by atoms with Gasteiger partial charge in [-0.1, -0.05) is 18.2 Å². The van der Waals surface area contributed by atoms with Gasteiger partial charge in [-0.15, -0.1) is 23.1 Å². The Hall–Kier alpha value is -1.73. The molecule has 1 aromatic carbocycles. The molecule has 0 saturated carbocycles. The fourth-order valence-corrected chi connectivity index (χ4v) is 4.55. The number of rotatable bonds is 8. The van der Waals surface area contributed by atoms with Crippen molar-refractivity contribution in [2.45, 2.75) is 24.2 Å². The van der Waals surface area contributed by atoms with Gasteiger partial charge in [-0.05, 0) is 25.0 Å². The van der Waals surface area contributed by atoms with Gasteiger partial charge in [0.15, 0.2) is 11.1 Å². The molecule has 1 aliphatic rings. The summed E-state index contributed by atoms with van der Waals surface area (Å²) in [7, 11) is 1.81. The van der Waals surface area contributed by atoms with Gasteiger partial charge in [-0.2, -0.15) is 0 Å². The molecule has 0 aliphatic carbocycles. The number of thioether (sulfide) groups is 1. The van der Waals surface area contributed by atoms with E-state index in [2.05, 4.69) is 50.2 Å². The summed E-state index contributed by atoms with van der Waals surface area (Å²) >= 11 is 3.61. The number of aromatic nitrogens is 1. The number of hydrogen-bond acceptors (Lipinski definition) is 5. The van der Waals surface area contributed by atoms with E-state index in [1.165, 1.54) is 28.6 Å². The second-order valence-corrected chi connectivity index (χ2v) is 8.16. The first-order valence-corrected chi connectivity index (χ1v) is 11.0. The van der Waals surface area contributed by atoms with E-state index in [0.29, 0.717) is 0 Å². The normalized spacial score (nSPS) is 14.7. The molecule has 26 heavy (non-hydrogen) atoms. The molecule has 1 aliphatic heterocycles. The van der Waals surface area contributed by atoms with Crippen LogP contribution in [0.3, 0.4) is 0 Å². The van der Waals surface area contributed by atoms with Gasteiger partial charge in [-0.25, -0.2) is 4.98 Å².